The van der Waals surface area contributed by atoms with E-state index in [0.29, 0.717) is 22.7 Å². The van der Waals surface area contributed by atoms with E-state index in [-0.39, 0.29) is 18.6 Å². The Kier molecular flexibility index (Phi) is 8.95. The molecule has 3 aromatic carbocycles. The number of benzene rings is 3. The molecular formula is C26H26N4O5. The molecule has 0 aliphatic heterocycles. The fourth-order valence-electron chi connectivity index (χ4n) is 2.97. The molecule has 3 N–H and O–H groups in total. The molecule has 9 nitrogen and oxygen atoms in total. The number of hydrogen-bond acceptors (Lipinski definition) is 6. The quantitative estimate of drug-likeness (QED) is 0.250. The summed E-state index contributed by atoms with van der Waals surface area (Å²) in [5.41, 5.74) is 4.39. The van der Waals surface area contributed by atoms with E-state index in [4.69, 9.17) is 9.47 Å². The van der Waals surface area contributed by atoms with Crippen molar-refractivity contribution in [2.24, 2.45) is 5.10 Å². The number of carbonyl (C=O) groups is 3. The van der Waals surface area contributed by atoms with Gasteiger partial charge in [0.1, 0.15) is 11.5 Å². The van der Waals surface area contributed by atoms with Crippen LogP contribution in [0, 0.1) is 0 Å². The fourth-order valence-corrected chi connectivity index (χ4v) is 2.97. The van der Waals surface area contributed by atoms with E-state index in [1.807, 2.05) is 30.3 Å². The summed E-state index contributed by atoms with van der Waals surface area (Å²) in [6.07, 6.45) is 1.39. The van der Waals surface area contributed by atoms with E-state index in [9.17, 15) is 14.4 Å². The highest BCUT2D eigenvalue weighted by Crippen LogP contribution is 2.15. The Labute approximate surface area is 203 Å². The maximum atomic E-state index is 12.1. The third kappa shape index (κ3) is 8.01. The Morgan fingerprint density at radius 2 is 1.54 bits per heavy atom. The summed E-state index contributed by atoms with van der Waals surface area (Å²) < 4.78 is 10.6. The molecular weight excluding hydrogens is 448 g/mol. The number of carbonyl (C=O) groups excluding carboxylic acids is 3. The molecule has 0 aromatic heterocycles. The van der Waals surface area contributed by atoms with Gasteiger partial charge in [-0.05, 0) is 66.6 Å². The summed E-state index contributed by atoms with van der Waals surface area (Å²) in [7, 11) is 1.57. The monoisotopic (exact) mass is 474 g/mol. The number of anilines is 1. The van der Waals surface area contributed by atoms with Gasteiger partial charge in [-0.2, -0.15) is 5.10 Å². The van der Waals surface area contributed by atoms with Gasteiger partial charge in [0, 0.05) is 5.69 Å². The van der Waals surface area contributed by atoms with E-state index in [2.05, 4.69) is 21.2 Å². The van der Waals surface area contributed by atoms with Crippen molar-refractivity contribution in [1.29, 1.82) is 0 Å². The van der Waals surface area contributed by atoms with Crippen LogP contribution in [0.25, 0.3) is 0 Å². The van der Waals surface area contributed by atoms with Crippen molar-refractivity contribution in [3.8, 4) is 11.5 Å². The Balaban J connectivity index is 1.41. The number of nitrogens with one attached hydrogen (secondary N) is 3. The maximum absolute atomic E-state index is 12.1. The first-order valence-corrected chi connectivity index (χ1v) is 10.8. The van der Waals surface area contributed by atoms with Crippen molar-refractivity contribution in [1.82, 2.24) is 10.7 Å². The van der Waals surface area contributed by atoms with E-state index >= 15 is 0 Å². The van der Waals surface area contributed by atoms with Gasteiger partial charge in [0.15, 0.2) is 6.61 Å². The maximum Gasteiger partial charge on any atom is 0.329 e. The smallest absolute Gasteiger partial charge is 0.329 e. The predicted molar refractivity (Wildman–Crippen MR) is 132 cm³/mol. The van der Waals surface area contributed by atoms with Crippen LogP contribution in [0.2, 0.25) is 0 Å². The second kappa shape index (κ2) is 12.5. The van der Waals surface area contributed by atoms with E-state index in [1.165, 1.54) is 6.21 Å². The van der Waals surface area contributed by atoms with Crippen molar-refractivity contribution in [2.75, 3.05) is 19.0 Å². The Morgan fingerprint density at radius 1 is 0.886 bits per heavy atom. The zero-order chi connectivity index (χ0) is 25.0. The Hall–Kier alpha value is -4.66. The van der Waals surface area contributed by atoms with Gasteiger partial charge in [-0.25, -0.2) is 5.43 Å². The van der Waals surface area contributed by atoms with Gasteiger partial charge < -0.3 is 20.1 Å². The number of nitrogens with zero attached hydrogens (tertiary/aromatic N) is 1. The van der Waals surface area contributed by atoms with Crippen LogP contribution in [-0.4, -0.2) is 37.7 Å². The molecule has 180 valence electrons. The normalized spacial score (nSPS) is 11.4. The van der Waals surface area contributed by atoms with Gasteiger partial charge in [-0.15, -0.1) is 0 Å². The lowest BCUT2D eigenvalue weighted by Gasteiger charge is -2.13. The predicted octanol–water partition coefficient (Wildman–Crippen LogP) is 3.04. The minimum absolute atomic E-state index is 0.161. The van der Waals surface area contributed by atoms with Gasteiger partial charge in [0.25, 0.3) is 5.91 Å². The highest BCUT2D eigenvalue weighted by molar-refractivity contribution is 6.35. The SMILES string of the molecule is COc1ccc(NC(=O)COc2ccc(/C=N\NC(=O)C(=O)N[C@H](C)c3ccccc3)cc2)cc1. The Bertz CT molecular complexity index is 1160. The van der Waals surface area contributed by atoms with Crippen molar-refractivity contribution >= 4 is 29.6 Å². The molecule has 3 aromatic rings. The van der Waals surface area contributed by atoms with Crippen LogP contribution >= 0.6 is 0 Å². The molecule has 3 amide bonds. The largest absolute Gasteiger partial charge is 0.497 e. The van der Waals surface area contributed by atoms with Crippen molar-refractivity contribution in [3.63, 3.8) is 0 Å². The van der Waals surface area contributed by atoms with Crippen LogP contribution in [0.5, 0.6) is 11.5 Å². The third-order valence-corrected chi connectivity index (χ3v) is 4.86. The third-order valence-electron chi connectivity index (χ3n) is 4.86. The molecule has 0 saturated heterocycles. The van der Waals surface area contributed by atoms with E-state index < -0.39 is 11.8 Å². The fraction of sp³-hybridized carbons (Fsp3) is 0.154. The summed E-state index contributed by atoms with van der Waals surface area (Å²) in [5, 5.41) is 9.15. The Morgan fingerprint density at radius 3 is 2.20 bits per heavy atom. The first-order valence-electron chi connectivity index (χ1n) is 10.8. The van der Waals surface area contributed by atoms with E-state index in [1.54, 1.807) is 62.6 Å². The first kappa shape index (κ1) is 25.0. The van der Waals surface area contributed by atoms with Crippen LogP contribution in [0.1, 0.15) is 24.1 Å². The molecule has 0 aliphatic rings. The first-order chi connectivity index (χ1) is 16.9. The van der Waals surface area contributed by atoms with Gasteiger partial charge in [0.05, 0.1) is 19.4 Å². The number of methoxy groups -OCH3 is 1. The molecule has 0 aliphatic carbocycles. The van der Waals surface area contributed by atoms with Gasteiger partial charge in [-0.3, -0.25) is 14.4 Å². The number of rotatable bonds is 9. The molecule has 35 heavy (non-hydrogen) atoms. The zero-order valence-corrected chi connectivity index (χ0v) is 19.4. The molecule has 0 radical (unpaired) electrons. The topological polar surface area (TPSA) is 118 Å². The summed E-state index contributed by atoms with van der Waals surface area (Å²) >= 11 is 0. The van der Waals surface area contributed by atoms with Gasteiger partial charge in [-0.1, -0.05) is 30.3 Å². The second-order valence-electron chi connectivity index (χ2n) is 7.44. The van der Waals surface area contributed by atoms with E-state index in [0.717, 1.165) is 5.56 Å². The summed E-state index contributed by atoms with van der Waals surface area (Å²) in [6.45, 7) is 1.63. The molecule has 0 fully saturated rings. The highest BCUT2D eigenvalue weighted by Gasteiger charge is 2.16. The molecule has 0 spiro atoms. The molecule has 9 heteroatoms. The lowest BCUT2D eigenvalue weighted by molar-refractivity contribution is -0.139. The molecule has 0 bridgehead atoms. The number of hydrogen-bond donors (Lipinski definition) is 3. The highest BCUT2D eigenvalue weighted by atomic mass is 16.5. The van der Waals surface area contributed by atoms with Crippen LogP contribution < -0.4 is 25.5 Å². The second-order valence-corrected chi connectivity index (χ2v) is 7.44. The molecule has 1 atom stereocenters. The summed E-state index contributed by atoms with van der Waals surface area (Å²) in [6, 6.07) is 22.7. The number of hydrazone groups is 1. The molecule has 0 heterocycles. The van der Waals surface area contributed by atoms with Crippen molar-refractivity contribution < 1.29 is 23.9 Å². The average Bonchev–Trinajstić information content (AvgIpc) is 2.89. The number of ether oxygens (including phenoxy) is 2. The lowest BCUT2D eigenvalue weighted by atomic mass is 10.1. The molecule has 0 unspecified atom stereocenters. The van der Waals surface area contributed by atoms with Gasteiger partial charge >= 0.3 is 11.8 Å². The van der Waals surface area contributed by atoms with Crippen LogP contribution in [0.4, 0.5) is 5.69 Å². The van der Waals surface area contributed by atoms with Gasteiger partial charge in [0.2, 0.25) is 0 Å². The molecule has 0 saturated carbocycles. The van der Waals surface area contributed by atoms with Crippen molar-refractivity contribution in [3.05, 3.63) is 90.0 Å². The minimum atomic E-state index is -0.869. The van der Waals surface area contributed by atoms with Crippen LogP contribution in [0.15, 0.2) is 84.0 Å². The summed E-state index contributed by atoms with van der Waals surface area (Å²) in [4.78, 5) is 36.1. The standard InChI is InChI=1S/C26H26N4O5/c1-18(20-6-4-3-5-7-20)28-25(32)26(33)30-27-16-19-8-12-23(13-9-19)35-17-24(31)29-21-10-14-22(34-2)15-11-21/h3-16,18H,17H2,1-2H3,(H,28,32)(H,29,31)(H,30,33)/b27-16-/t18-/m1/s1. The lowest BCUT2D eigenvalue weighted by Crippen LogP contribution is -2.39. The summed E-state index contributed by atoms with van der Waals surface area (Å²) in [5.74, 6) is -0.765. The van der Waals surface area contributed by atoms with Crippen LogP contribution in [0.3, 0.4) is 0 Å². The van der Waals surface area contributed by atoms with Crippen molar-refractivity contribution in [2.45, 2.75) is 13.0 Å². The number of amides is 3. The molecule has 3 rings (SSSR count). The minimum Gasteiger partial charge on any atom is -0.497 e. The average molecular weight is 475 g/mol. The zero-order valence-electron chi connectivity index (χ0n) is 19.4. The van der Waals surface area contributed by atoms with Crippen LogP contribution in [-0.2, 0) is 14.4 Å².